The van der Waals surface area contributed by atoms with E-state index < -0.39 is 10.2 Å². The van der Waals surface area contributed by atoms with E-state index >= 15 is 0 Å². The van der Waals surface area contributed by atoms with E-state index in [4.69, 9.17) is 10.5 Å². The molecular weight excluding hydrogens is 242 g/mol. The average Bonchev–Trinajstić information content (AvgIpc) is 2.30. The molecule has 0 rings (SSSR count). The van der Waals surface area contributed by atoms with Crippen molar-refractivity contribution >= 4 is 10.2 Å². The fourth-order valence-corrected chi connectivity index (χ4v) is 2.16. The molecular formula is C10H25N3O3S. The first-order valence-electron chi connectivity index (χ1n) is 6.03. The van der Waals surface area contributed by atoms with E-state index in [1.807, 2.05) is 6.92 Å². The third-order valence-electron chi connectivity index (χ3n) is 2.19. The number of hydrogen-bond donors (Lipinski definition) is 2. The SMILES string of the molecule is CCCOCCCNS(=O)(=O)N(C)CCCN. The summed E-state index contributed by atoms with van der Waals surface area (Å²) >= 11 is 0. The minimum absolute atomic E-state index is 0.402. The lowest BCUT2D eigenvalue weighted by molar-refractivity contribution is 0.133. The lowest BCUT2D eigenvalue weighted by Gasteiger charge is -2.17. The molecule has 0 saturated heterocycles. The molecule has 0 radical (unpaired) electrons. The Hall–Kier alpha value is -0.210. The number of ether oxygens (including phenoxy) is 1. The van der Waals surface area contributed by atoms with Crippen molar-refractivity contribution in [2.24, 2.45) is 5.73 Å². The number of nitrogens with two attached hydrogens (primary N) is 1. The van der Waals surface area contributed by atoms with Gasteiger partial charge in [0.25, 0.3) is 10.2 Å². The van der Waals surface area contributed by atoms with Gasteiger partial charge in [0.2, 0.25) is 0 Å². The van der Waals surface area contributed by atoms with Crippen LogP contribution in [0.3, 0.4) is 0 Å². The van der Waals surface area contributed by atoms with Gasteiger partial charge >= 0.3 is 0 Å². The van der Waals surface area contributed by atoms with Gasteiger partial charge in [-0.1, -0.05) is 6.92 Å². The summed E-state index contributed by atoms with van der Waals surface area (Å²) in [4.78, 5) is 0. The van der Waals surface area contributed by atoms with Crippen LogP contribution in [-0.4, -0.2) is 52.6 Å². The first kappa shape index (κ1) is 16.8. The summed E-state index contributed by atoms with van der Waals surface area (Å²) in [5.41, 5.74) is 5.33. The highest BCUT2D eigenvalue weighted by Crippen LogP contribution is 1.95. The molecule has 0 heterocycles. The summed E-state index contributed by atoms with van der Waals surface area (Å²) in [6, 6.07) is 0. The summed E-state index contributed by atoms with van der Waals surface area (Å²) in [6.07, 6.45) is 2.33. The van der Waals surface area contributed by atoms with Gasteiger partial charge in [-0.15, -0.1) is 0 Å². The van der Waals surface area contributed by atoms with Gasteiger partial charge < -0.3 is 10.5 Å². The standard InChI is InChI=1S/C10H25N3O3S/c1-3-9-16-10-5-7-12-17(14,15)13(2)8-4-6-11/h12H,3-11H2,1-2H3. The van der Waals surface area contributed by atoms with Gasteiger partial charge in [-0.2, -0.15) is 12.7 Å². The van der Waals surface area contributed by atoms with Crippen molar-refractivity contribution < 1.29 is 13.2 Å². The molecule has 6 nitrogen and oxygen atoms in total. The molecule has 0 atom stereocenters. The fraction of sp³-hybridized carbons (Fsp3) is 1.00. The van der Waals surface area contributed by atoms with Crippen LogP contribution < -0.4 is 10.5 Å². The third kappa shape index (κ3) is 8.50. The van der Waals surface area contributed by atoms with Gasteiger partial charge in [0, 0.05) is 33.4 Å². The van der Waals surface area contributed by atoms with Crippen molar-refractivity contribution in [2.75, 3.05) is 39.9 Å². The Labute approximate surface area is 105 Å². The molecule has 0 aromatic carbocycles. The van der Waals surface area contributed by atoms with Crippen molar-refractivity contribution in [1.29, 1.82) is 0 Å². The summed E-state index contributed by atoms with van der Waals surface area (Å²) in [5.74, 6) is 0. The van der Waals surface area contributed by atoms with Crippen LogP contribution in [0.5, 0.6) is 0 Å². The Kier molecular flexibility index (Phi) is 9.66. The monoisotopic (exact) mass is 267 g/mol. The van der Waals surface area contributed by atoms with Crippen molar-refractivity contribution in [3.05, 3.63) is 0 Å². The second-order valence-corrected chi connectivity index (χ2v) is 5.69. The molecule has 104 valence electrons. The molecule has 0 fully saturated rings. The molecule has 3 N–H and O–H groups in total. The molecule has 0 bridgehead atoms. The van der Waals surface area contributed by atoms with E-state index in [0.717, 1.165) is 13.0 Å². The highest BCUT2D eigenvalue weighted by atomic mass is 32.2. The number of nitrogens with one attached hydrogen (secondary N) is 1. The van der Waals surface area contributed by atoms with Crippen LogP contribution in [0.1, 0.15) is 26.2 Å². The highest BCUT2D eigenvalue weighted by Gasteiger charge is 2.15. The van der Waals surface area contributed by atoms with Gasteiger partial charge in [0.1, 0.15) is 0 Å². The molecule has 0 aliphatic rings. The lowest BCUT2D eigenvalue weighted by atomic mass is 10.4. The van der Waals surface area contributed by atoms with Crippen LogP contribution in [0.15, 0.2) is 0 Å². The van der Waals surface area contributed by atoms with Gasteiger partial charge in [0.05, 0.1) is 0 Å². The van der Waals surface area contributed by atoms with Gasteiger partial charge in [-0.25, -0.2) is 4.72 Å². The lowest BCUT2D eigenvalue weighted by Crippen LogP contribution is -2.39. The normalized spacial score (nSPS) is 12.2. The van der Waals surface area contributed by atoms with Crippen LogP contribution in [0.4, 0.5) is 0 Å². The summed E-state index contributed by atoms with van der Waals surface area (Å²) < 4.78 is 32.4. The molecule has 0 aromatic heterocycles. The van der Waals surface area contributed by atoms with E-state index in [1.165, 1.54) is 4.31 Å². The van der Waals surface area contributed by atoms with Gasteiger partial charge in [0.15, 0.2) is 0 Å². The predicted octanol–water partition coefficient (Wildman–Crippen LogP) is -0.0819. The summed E-state index contributed by atoms with van der Waals surface area (Å²) in [5, 5.41) is 0. The van der Waals surface area contributed by atoms with Gasteiger partial charge in [-0.3, -0.25) is 0 Å². The minimum atomic E-state index is -3.35. The molecule has 0 aromatic rings. The van der Waals surface area contributed by atoms with Crippen molar-refractivity contribution in [1.82, 2.24) is 9.03 Å². The molecule has 7 heteroatoms. The smallest absolute Gasteiger partial charge is 0.279 e. The Morgan fingerprint density at radius 1 is 1.29 bits per heavy atom. The highest BCUT2D eigenvalue weighted by molar-refractivity contribution is 7.87. The average molecular weight is 267 g/mol. The third-order valence-corrected chi connectivity index (χ3v) is 3.76. The van der Waals surface area contributed by atoms with Crippen LogP contribution in [-0.2, 0) is 14.9 Å². The van der Waals surface area contributed by atoms with Crippen LogP contribution in [0, 0.1) is 0 Å². The molecule has 0 amide bonds. The Balaban J connectivity index is 3.70. The Morgan fingerprint density at radius 2 is 2.00 bits per heavy atom. The zero-order chi connectivity index (χ0) is 13.1. The maximum Gasteiger partial charge on any atom is 0.279 e. The number of hydrogen-bond acceptors (Lipinski definition) is 4. The van der Waals surface area contributed by atoms with E-state index in [-0.39, 0.29) is 0 Å². The van der Waals surface area contributed by atoms with E-state index in [0.29, 0.717) is 39.1 Å². The van der Waals surface area contributed by atoms with E-state index in [1.54, 1.807) is 7.05 Å². The second-order valence-electron chi connectivity index (χ2n) is 3.83. The fourth-order valence-electron chi connectivity index (χ4n) is 1.17. The van der Waals surface area contributed by atoms with Crippen LogP contribution in [0.2, 0.25) is 0 Å². The predicted molar refractivity (Wildman–Crippen MR) is 69.0 cm³/mol. The van der Waals surface area contributed by atoms with Crippen molar-refractivity contribution in [3.63, 3.8) is 0 Å². The zero-order valence-corrected chi connectivity index (χ0v) is 11.6. The summed E-state index contributed by atoms with van der Waals surface area (Å²) in [6.45, 7) is 4.68. The quantitative estimate of drug-likeness (QED) is 0.513. The Bertz CT molecular complexity index is 270. The zero-order valence-electron chi connectivity index (χ0n) is 10.8. The van der Waals surface area contributed by atoms with Crippen LogP contribution >= 0.6 is 0 Å². The van der Waals surface area contributed by atoms with Crippen LogP contribution in [0.25, 0.3) is 0 Å². The molecule has 0 aliphatic carbocycles. The van der Waals surface area contributed by atoms with Gasteiger partial charge in [-0.05, 0) is 25.8 Å². The molecule has 17 heavy (non-hydrogen) atoms. The topological polar surface area (TPSA) is 84.7 Å². The Morgan fingerprint density at radius 3 is 2.59 bits per heavy atom. The maximum atomic E-state index is 11.7. The van der Waals surface area contributed by atoms with Crippen molar-refractivity contribution in [2.45, 2.75) is 26.2 Å². The van der Waals surface area contributed by atoms with E-state index in [2.05, 4.69) is 4.72 Å². The summed E-state index contributed by atoms with van der Waals surface area (Å²) in [7, 11) is -1.81. The van der Waals surface area contributed by atoms with E-state index in [9.17, 15) is 8.42 Å². The second kappa shape index (κ2) is 9.78. The number of nitrogens with zero attached hydrogens (tertiary/aromatic N) is 1. The molecule has 0 aliphatic heterocycles. The minimum Gasteiger partial charge on any atom is -0.381 e. The first-order valence-corrected chi connectivity index (χ1v) is 7.47. The molecule has 0 unspecified atom stereocenters. The number of rotatable bonds is 11. The molecule has 0 spiro atoms. The molecule has 0 saturated carbocycles. The maximum absolute atomic E-state index is 11.7. The largest absolute Gasteiger partial charge is 0.381 e. The van der Waals surface area contributed by atoms with Crippen molar-refractivity contribution in [3.8, 4) is 0 Å². The first-order chi connectivity index (χ1) is 8.04.